The van der Waals surface area contributed by atoms with Gasteiger partial charge in [0.25, 0.3) is 15.9 Å². The van der Waals surface area contributed by atoms with E-state index in [0.717, 1.165) is 18.7 Å². The summed E-state index contributed by atoms with van der Waals surface area (Å²) in [7, 11) is -0.645. The zero-order chi connectivity index (χ0) is 25.4. The predicted molar refractivity (Wildman–Crippen MR) is 129 cm³/mol. The monoisotopic (exact) mass is 499 g/mol. The number of nitro benzene ring substituents is 1. The van der Waals surface area contributed by atoms with E-state index in [4.69, 9.17) is 9.47 Å². The maximum absolute atomic E-state index is 12.9. The Kier molecular flexibility index (Phi) is 8.39. The molecule has 0 aliphatic rings. The number of benzene rings is 3. The Morgan fingerprint density at radius 3 is 2.37 bits per heavy atom. The summed E-state index contributed by atoms with van der Waals surface area (Å²) >= 11 is 0. The molecule has 0 aliphatic heterocycles. The Morgan fingerprint density at radius 2 is 1.69 bits per heavy atom. The summed E-state index contributed by atoms with van der Waals surface area (Å²) in [5.74, 6) is -0.380. The lowest BCUT2D eigenvalue weighted by Gasteiger charge is -2.13. The van der Waals surface area contributed by atoms with Crippen molar-refractivity contribution in [2.24, 2.45) is 0 Å². The molecule has 0 aliphatic carbocycles. The molecule has 35 heavy (non-hydrogen) atoms. The highest BCUT2D eigenvalue weighted by Crippen LogP contribution is 2.30. The van der Waals surface area contributed by atoms with E-state index in [2.05, 4.69) is 0 Å². The third kappa shape index (κ3) is 7.01. The third-order valence-corrected chi connectivity index (χ3v) is 6.10. The zero-order valence-corrected chi connectivity index (χ0v) is 20.0. The molecule has 1 amide bonds. The molecule has 0 heterocycles. The molecule has 0 saturated heterocycles. The number of carbonyl (C=O) groups is 1. The van der Waals surface area contributed by atoms with Gasteiger partial charge in [-0.05, 0) is 56.9 Å². The van der Waals surface area contributed by atoms with E-state index in [9.17, 15) is 23.3 Å². The quantitative estimate of drug-likeness (QED) is 0.239. The van der Waals surface area contributed by atoms with Crippen LogP contribution in [0.3, 0.4) is 0 Å². The van der Waals surface area contributed by atoms with Crippen LogP contribution in [-0.4, -0.2) is 51.4 Å². The fourth-order valence-corrected chi connectivity index (χ4v) is 4.07. The molecule has 0 aromatic heterocycles. The van der Waals surface area contributed by atoms with Gasteiger partial charge >= 0.3 is 5.69 Å². The molecule has 0 unspecified atom stereocenters. The van der Waals surface area contributed by atoms with E-state index in [0.29, 0.717) is 12.2 Å². The lowest BCUT2D eigenvalue weighted by molar-refractivity contribution is -0.386. The topological polar surface area (TPSA) is 128 Å². The van der Waals surface area contributed by atoms with Crippen LogP contribution in [0.15, 0.2) is 77.7 Å². The smallest absolute Gasteiger partial charge is 0.312 e. The average Bonchev–Trinajstić information content (AvgIpc) is 2.82. The Labute approximate surface area is 203 Å². The minimum absolute atomic E-state index is 0.0183. The Morgan fingerprint density at radius 1 is 1.00 bits per heavy atom. The van der Waals surface area contributed by atoms with Crippen LogP contribution in [-0.2, 0) is 10.0 Å². The minimum Gasteiger partial charge on any atom is -0.487 e. The van der Waals surface area contributed by atoms with Crippen LogP contribution >= 0.6 is 0 Å². The van der Waals surface area contributed by atoms with Crippen molar-refractivity contribution in [3.05, 3.63) is 88.5 Å². The van der Waals surface area contributed by atoms with Crippen LogP contribution in [0, 0.1) is 10.1 Å². The van der Waals surface area contributed by atoms with Gasteiger partial charge in [0.05, 0.1) is 22.0 Å². The number of ether oxygens (including phenoxy) is 2. The van der Waals surface area contributed by atoms with Crippen molar-refractivity contribution < 1.29 is 27.6 Å². The summed E-state index contributed by atoms with van der Waals surface area (Å²) in [5.41, 5.74) is -0.534. The van der Waals surface area contributed by atoms with Gasteiger partial charge in [-0.1, -0.05) is 30.3 Å². The third-order valence-electron chi connectivity index (χ3n) is 4.77. The number of hydrogen-bond acceptors (Lipinski definition) is 8. The average molecular weight is 500 g/mol. The van der Waals surface area contributed by atoms with E-state index in [1.165, 1.54) is 18.2 Å². The van der Waals surface area contributed by atoms with Gasteiger partial charge in [0.1, 0.15) is 11.5 Å². The van der Waals surface area contributed by atoms with E-state index >= 15 is 0 Å². The fourth-order valence-electron chi connectivity index (χ4n) is 3.09. The lowest BCUT2D eigenvalue weighted by Crippen LogP contribution is -2.30. The normalized spacial score (nSPS) is 11.2. The van der Waals surface area contributed by atoms with Gasteiger partial charge in [-0.3, -0.25) is 14.9 Å². The highest BCUT2D eigenvalue weighted by Gasteiger charge is 2.25. The van der Waals surface area contributed by atoms with Crippen molar-refractivity contribution in [1.82, 2.24) is 9.62 Å². The molecular formula is C24H25N3O7S. The summed E-state index contributed by atoms with van der Waals surface area (Å²) < 4.78 is 38.9. The number of nitro groups is 1. The minimum atomic E-state index is -4.43. The molecule has 0 fully saturated rings. The van der Waals surface area contributed by atoms with Crippen LogP contribution in [0.2, 0.25) is 0 Å². The number of nitrogens with zero attached hydrogens (tertiary/aromatic N) is 2. The van der Waals surface area contributed by atoms with Crippen molar-refractivity contribution in [3.63, 3.8) is 0 Å². The van der Waals surface area contributed by atoms with E-state index in [1.54, 1.807) is 42.5 Å². The first-order valence-electron chi connectivity index (χ1n) is 10.6. The molecule has 0 spiro atoms. The summed E-state index contributed by atoms with van der Waals surface area (Å²) in [4.78, 5) is 25.1. The lowest BCUT2D eigenvalue weighted by atomic mass is 10.2. The molecule has 1 N–H and O–H groups in total. The standard InChI is InChI=1S/C24H25N3O7S/c1-26(2)15-8-16-33-23-14-13-19(17-21(23)27(29)30)35(31,32)25-24(28)20-11-6-7-12-22(20)34-18-9-4-3-5-10-18/h3-7,9-14,17H,8,15-16H2,1-2H3,(H,25,28). The highest BCUT2D eigenvalue weighted by atomic mass is 32.2. The van der Waals surface area contributed by atoms with E-state index < -0.39 is 31.4 Å². The first kappa shape index (κ1) is 25.7. The summed E-state index contributed by atoms with van der Waals surface area (Å²) in [6.45, 7) is 0.946. The van der Waals surface area contributed by atoms with Gasteiger partial charge in [-0.2, -0.15) is 0 Å². The molecule has 0 radical (unpaired) electrons. The second kappa shape index (κ2) is 11.4. The van der Waals surface area contributed by atoms with Crippen LogP contribution in [0.5, 0.6) is 17.2 Å². The van der Waals surface area contributed by atoms with Crippen molar-refractivity contribution in [3.8, 4) is 17.2 Å². The number of sulfonamides is 1. The predicted octanol–water partition coefficient (Wildman–Crippen LogP) is 3.84. The Hall–Kier alpha value is -3.96. The largest absolute Gasteiger partial charge is 0.487 e. The van der Waals surface area contributed by atoms with Gasteiger partial charge < -0.3 is 14.4 Å². The number of hydrogen-bond donors (Lipinski definition) is 1. The van der Waals surface area contributed by atoms with Crippen molar-refractivity contribution in [2.45, 2.75) is 11.3 Å². The maximum Gasteiger partial charge on any atom is 0.312 e. The number of para-hydroxylation sites is 2. The van der Waals surface area contributed by atoms with Gasteiger partial charge in [-0.15, -0.1) is 0 Å². The molecular weight excluding hydrogens is 474 g/mol. The molecule has 3 rings (SSSR count). The maximum atomic E-state index is 12.9. The van der Waals surface area contributed by atoms with Gasteiger partial charge in [0.15, 0.2) is 5.75 Å². The second-order valence-electron chi connectivity index (χ2n) is 7.74. The molecule has 0 saturated carbocycles. The molecule has 3 aromatic rings. The van der Waals surface area contributed by atoms with E-state index in [-0.39, 0.29) is 23.7 Å². The first-order valence-corrected chi connectivity index (χ1v) is 12.1. The molecule has 0 bridgehead atoms. The number of nitrogens with one attached hydrogen (secondary N) is 1. The second-order valence-corrected chi connectivity index (χ2v) is 9.42. The van der Waals surface area contributed by atoms with Gasteiger partial charge in [0.2, 0.25) is 0 Å². The van der Waals surface area contributed by atoms with Crippen molar-refractivity contribution >= 4 is 21.6 Å². The van der Waals surface area contributed by atoms with Crippen LogP contribution < -0.4 is 14.2 Å². The van der Waals surface area contributed by atoms with Crippen LogP contribution in [0.4, 0.5) is 5.69 Å². The number of carbonyl (C=O) groups excluding carboxylic acids is 1. The summed E-state index contributed by atoms with van der Waals surface area (Å²) in [6, 6.07) is 18.1. The van der Waals surface area contributed by atoms with Crippen LogP contribution in [0.1, 0.15) is 16.8 Å². The van der Waals surface area contributed by atoms with Gasteiger partial charge in [-0.25, -0.2) is 13.1 Å². The summed E-state index contributed by atoms with van der Waals surface area (Å²) in [6.07, 6.45) is 0.630. The Bertz CT molecular complexity index is 1300. The molecule has 10 nitrogen and oxygen atoms in total. The molecule has 184 valence electrons. The highest BCUT2D eigenvalue weighted by molar-refractivity contribution is 7.90. The van der Waals surface area contributed by atoms with Crippen LogP contribution in [0.25, 0.3) is 0 Å². The fraction of sp³-hybridized carbons (Fsp3) is 0.208. The SMILES string of the molecule is CN(C)CCCOc1ccc(S(=O)(=O)NC(=O)c2ccccc2Oc2ccccc2)cc1[N+](=O)[O-]. The van der Waals surface area contributed by atoms with Crippen molar-refractivity contribution in [2.75, 3.05) is 27.2 Å². The molecule has 11 heteroatoms. The number of rotatable bonds is 11. The number of amides is 1. The first-order chi connectivity index (χ1) is 16.7. The zero-order valence-electron chi connectivity index (χ0n) is 19.2. The summed E-state index contributed by atoms with van der Waals surface area (Å²) in [5, 5.41) is 11.5. The Balaban J connectivity index is 1.79. The molecule has 3 aromatic carbocycles. The molecule has 0 atom stereocenters. The van der Waals surface area contributed by atoms with Gasteiger partial charge in [0, 0.05) is 12.6 Å². The van der Waals surface area contributed by atoms with Crippen molar-refractivity contribution in [1.29, 1.82) is 0 Å². The van der Waals surface area contributed by atoms with E-state index in [1.807, 2.05) is 23.7 Å².